The fourth-order valence-electron chi connectivity index (χ4n) is 0. The third-order valence-electron chi connectivity index (χ3n) is 0. The van der Waals surface area contributed by atoms with E-state index in [1.807, 2.05) is 0 Å². The third-order valence-corrected chi connectivity index (χ3v) is 0. The molecule has 62 valence electrons. The first kappa shape index (κ1) is 22.6. The van der Waals surface area contributed by atoms with Gasteiger partial charge in [-0.2, -0.15) is 14.1 Å². The molecule has 0 aromatic heterocycles. The molecule has 10 heavy (non-hydrogen) atoms. The smallest absolute Gasteiger partial charge is 0.436 e. The van der Waals surface area contributed by atoms with E-state index in [0.29, 0.717) is 0 Å². The fraction of sp³-hybridized carbons (Fsp3) is 0. The maximum absolute atomic E-state index is 4.08. The van der Waals surface area contributed by atoms with Crippen LogP contribution in [0.5, 0.6) is 0 Å². The molecule has 0 nitrogen and oxygen atoms in total. The molecule has 0 N–H and O–H groups in total. The molecule has 0 heterocycles. The third kappa shape index (κ3) is 261. The zero-order chi connectivity index (χ0) is 8.12. The predicted molar refractivity (Wildman–Crippen MR) is 63.1 cm³/mol. The number of thiocarbonyl (C=S) groups is 3. The van der Waals surface area contributed by atoms with Crippen LogP contribution in [-0.2, 0) is 60.3 Å². The Morgan fingerprint density at radius 1 is 0.700 bits per heavy atom. The Morgan fingerprint density at radius 3 is 0.700 bits per heavy atom. The molecule has 0 fully saturated rings. The van der Waals surface area contributed by atoms with E-state index in [0.717, 1.165) is 0 Å². The van der Waals surface area contributed by atoms with E-state index in [1.54, 1.807) is 0 Å². The molecule has 0 spiro atoms. The fourth-order valence-corrected chi connectivity index (χ4v) is 0. The first-order valence-corrected chi connectivity index (χ1v) is 4.24. The molecule has 0 saturated heterocycles. The summed E-state index contributed by atoms with van der Waals surface area (Å²) >= 11 is 24.5. The first-order valence-electron chi connectivity index (χ1n) is 1.41. The summed E-state index contributed by atoms with van der Waals surface area (Å²) in [5, 5.41) is 0. The number of hydrogen-bond donors (Lipinski definition) is 0. The Kier molecular flexibility index (Phi) is 103. The van der Waals surface area contributed by atoms with Crippen molar-refractivity contribution >= 4 is 88.6 Å². The Bertz CT molecular complexity index is 49.7. The quantitative estimate of drug-likeness (QED) is 0.323. The summed E-state index contributed by atoms with van der Waals surface area (Å²) in [5.74, 6) is 0. The van der Waals surface area contributed by atoms with Crippen LogP contribution >= 0.6 is 36.7 Å². The van der Waals surface area contributed by atoms with Gasteiger partial charge < -0.3 is 74.5 Å². The summed E-state index contributed by atoms with van der Waals surface area (Å²) in [5.41, 5.74) is 0. The van der Waals surface area contributed by atoms with Crippen molar-refractivity contribution < 1.29 is 22.4 Å². The van der Waals surface area contributed by atoms with E-state index in [2.05, 4.69) is 74.5 Å². The van der Waals surface area contributed by atoms with Crippen molar-refractivity contribution in [1.82, 2.24) is 0 Å². The molecule has 0 atom stereocenters. The van der Waals surface area contributed by atoms with Gasteiger partial charge in [-0.1, -0.05) is 0 Å². The second-order valence-corrected chi connectivity index (χ2v) is 2.60. The Hall–Kier alpha value is 1.67. The van der Waals surface area contributed by atoms with Gasteiger partial charge in [-0.15, -0.1) is 0 Å². The Labute approximate surface area is 110 Å². The number of rotatable bonds is 0. The molecule has 0 aliphatic carbocycles. The topological polar surface area (TPSA) is 0 Å². The summed E-state index contributed by atoms with van der Waals surface area (Å²) in [4.78, 5) is 0. The first-order chi connectivity index (χ1) is 4.24. The van der Waals surface area contributed by atoms with Crippen LogP contribution in [0, 0.1) is 0 Å². The van der Waals surface area contributed by atoms with Gasteiger partial charge in [0.15, 0.2) is 0 Å². The summed E-state index contributed by atoms with van der Waals surface area (Å²) in [6.07, 6.45) is 0. The normalized spacial score (nSPS) is 3.60. The van der Waals surface area contributed by atoms with Gasteiger partial charge >= 0.3 is 22.4 Å². The largest absolute Gasteiger partial charge is 3.00 e. The van der Waals surface area contributed by atoms with Crippen LogP contribution in [0.15, 0.2) is 0 Å². The maximum atomic E-state index is 4.08. The van der Waals surface area contributed by atoms with Crippen molar-refractivity contribution in [3.05, 3.63) is 0 Å². The minimum Gasteiger partial charge on any atom is -0.436 e. The average molecular weight is 428 g/mol. The van der Waals surface area contributed by atoms with Gasteiger partial charge in [-0.25, -0.2) is 0 Å². The average Bonchev–Trinajstić information content (AvgIpc) is 1.70. The predicted octanol–water partition coefficient (Wildman–Crippen LogP) is 1.47. The SMILES string of the molecule is S=C[S-].S=C[S-].S=C[S-].[Au+3]. The van der Waals surface area contributed by atoms with Gasteiger partial charge in [0.2, 0.25) is 0 Å². The molecule has 0 radical (unpaired) electrons. The van der Waals surface area contributed by atoms with Crippen molar-refractivity contribution in [2.75, 3.05) is 0 Å². The second kappa shape index (κ2) is 45.7. The van der Waals surface area contributed by atoms with Crippen LogP contribution in [0.25, 0.3) is 0 Å². The van der Waals surface area contributed by atoms with Crippen molar-refractivity contribution in [3.63, 3.8) is 0 Å². The zero-order valence-corrected chi connectivity index (χ0v) is 11.5. The zero-order valence-electron chi connectivity index (χ0n) is 4.48. The summed E-state index contributed by atoms with van der Waals surface area (Å²) < 4.78 is 3.50. The van der Waals surface area contributed by atoms with Crippen LogP contribution in [0.2, 0.25) is 0 Å². The van der Waals surface area contributed by atoms with E-state index in [9.17, 15) is 0 Å². The van der Waals surface area contributed by atoms with Crippen LogP contribution in [0.3, 0.4) is 0 Å². The van der Waals surface area contributed by atoms with Crippen LogP contribution in [0.1, 0.15) is 0 Å². The van der Waals surface area contributed by atoms with Gasteiger partial charge in [0.1, 0.15) is 0 Å². The van der Waals surface area contributed by atoms with E-state index in [-0.39, 0.29) is 22.4 Å². The van der Waals surface area contributed by atoms with Crippen LogP contribution in [-0.4, -0.2) is 14.1 Å². The van der Waals surface area contributed by atoms with Crippen molar-refractivity contribution in [2.24, 2.45) is 0 Å². The summed E-state index contributed by atoms with van der Waals surface area (Å²) in [7, 11) is 0. The Morgan fingerprint density at radius 2 is 0.700 bits per heavy atom. The molecule has 0 bridgehead atoms. The molecule has 0 saturated carbocycles. The van der Waals surface area contributed by atoms with E-state index in [4.69, 9.17) is 0 Å². The van der Waals surface area contributed by atoms with Crippen molar-refractivity contribution in [1.29, 1.82) is 0 Å². The number of hydrogen-bond acceptors (Lipinski definition) is 6. The Balaban J connectivity index is -0.0000000257. The van der Waals surface area contributed by atoms with E-state index in [1.165, 1.54) is 14.1 Å². The molecule has 0 aliphatic rings. The van der Waals surface area contributed by atoms with Crippen LogP contribution < -0.4 is 0 Å². The molecule has 0 aromatic rings. The second-order valence-electron chi connectivity index (χ2n) is 0.289. The summed E-state index contributed by atoms with van der Waals surface area (Å²) in [6, 6.07) is 0. The molecular weight excluding hydrogens is 425 g/mol. The monoisotopic (exact) mass is 428 g/mol. The van der Waals surface area contributed by atoms with Gasteiger partial charge in [-0.05, 0) is 0 Å². The molecule has 0 rings (SSSR count). The van der Waals surface area contributed by atoms with Gasteiger partial charge in [0.05, 0.1) is 0 Å². The van der Waals surface area contributed by atoms with Gasteiger partial charge in [-0.3, -0.25) is 0 Å². The molecule has 0 amide bonds. The van der Waals surface area contributed by atoms with Gasteiger partial charge in [0.25, 0.3) is 0 Å². The molecule has 0 aliphatic heterocycles. The molecule has 7 heteroatoms. The minimum absolute atomic E-state index is 0. The maximum Gasteiger partial charge on any atom is 3.00 e. The molecular formula is C3H3AuS6. The van der Waals surface area contributed by atoms with E-state index >= 15 is 0 Å². The van der Waals surface area contributed by atoms with Crippen molar-refractivity contribution in [3.8, 4) is 0 Å². The standard InChI is InChI=1S/3CH2S2.Au/c3*2-1-3;/h3*1H,(H,2,3);/q;;;+3/p-3. The summed E-state index contributed by atoms with van der Waals surface area (Å²) in [6.45, 7) is 0. The van der Waals surface area contributed by atoms with Gasteiger partial charge in [0, 0.05) is 0 Å². The van der Waals surface area contributed by atoms with E-state index < -0.39 is 0 Å². The molecule has 0 unspecified atom stereocenters. The molecule has 0 aromatic carbocycles. The van der Waals surface area contributed by atoms with Crippen molar-refractivity contribution in [2.45, 2.75) is 0 Å². The minimum atomic E-state index is 0. The van der Waals surface area contributed by atoms with Crippen LogP contribution in [0.4, 0.5) is 0 Å².